The van der Waals surface area contributed by atoms with Gasteiger partial charge in [0.15, 0.2) is 0 Å². The van der Waals surface area contributed by atoms with Gasteiger partial charge in [-0.3, -0.25) is 0 Å². The zero-order chi connectivity index (χ0) is 12.5. The molecule has 0 aliphatic heterocycles. The van der Waals surface area contributed by atoms with Gasteiger partial charge in [0.05, 0.1) is 0 Å². The highest BCUT2D eigenvalue weighted by atomic mass is 79.9. The summed E-state index contributed by atoms with van der Waals surface area (Å²) in [6, 6.07) is 8.10. The quantitative estimate of drug-likeness (QED) is 0.871. The van der Waals surface area contributed by atoms with Crippen molar-refractivity contribution in [1.29, 1.82) is 0 Å². The van der Waals surface area contributed by atoms with E-state index in [1.165, 1.54) is 12.1 Å². The van der Waals surface area contributed by atoms with E-state index in [1.807, 2.05) is 0 Å². The van der Waals surface area contributed by atoms with Gasteiger partial charge in [0.1, 0.15) is 22.1 Å². The van der Waals surface area contributed by atoms with Gasteiger partial charge >= 0.3 is 0 Å². The van der Waals surface area contributed by atoms with Crippen molar-refractivity contribution in [2.75, 3.05) is 5.32 Å². The first-order valence-electron chi connectivity index (χ1n) is 5.78. The van der Waals surface area contributed by atoms with Crippen LogP contribution in [0.5, 0.6) is 0 Å². The average Bonchev–Trinajstić information content (AvgIpc) is 3.11. The van der Waals surface area contributed by atoms with Crippen molar-refractivity contribution in [3.8, 4) is 0 Å². The molecule has 1 aliphatic carbocycles. The summed E-state index contributed by atoms with van der Waals surface area (Å²) < 4.78 is 13.8. The molecule has 1 aromatic heterocycles. The number of nitrogens with one attached hydrogen (secondary N) is 1. The van der Waals surface area contributed by atoms with E-state index in [-0.39, 0.29) is 5.82 Å². The van der Waals surface area contributed by atoms with E-state index in [4.69, 9.17) is 0 Å². The molecule has 0 bridgehead atoms. The number of aromatic nitrogens is 2. The van der Waals surface area contributed by atoms with Crippen molar-refractivity contribution in [2.24, 2.45) is 0 Å². The number of rotatable bonds is 3. The second kappa shape index (κ2) is 4.65. The Balaban J connectivity index is 1.87. The third-order valence-electron chi connectivity index (χ3n) is 2.75. The van der Waals surface area contributed by atoms with Crippen LogP contribution >= 0.6 is 15.9 Å². The fourth-order valence-corrected chi connectivity index (χ4v) is 2.14. The molecule has 1 N–H and O–H groups in total. The van der Waals surface area contributed by atoms with Crippen LogP contribution in [0.1, 0.15) is 24.6 Å². The molecule has 18 heavy (non-hydrogen) atoms. The molecule has 0 unspecified atom stereocenters. The van der Waals surface area contributed by atoms with Gasteiger partial charge in [-0.25, -0.2) is 14.4 Å². The second-order valence-corrected chi connectivity index (χ2v) is 5.16. The predicted molar refractivity (Wildman–Crippen MR) is 71.4 cm³/mol. The van der Waals surface area contributed by atoms with E-state index >= 15 is 0 Å². The number of halogens is 2. The van der Waals surface area contributed by atoms with Gasteiger partial charge in [-0.05, 0) is 47.0 Å². The average molecular weight is 308 g/mol. The summed E-state index contributed by atoms with van der Waals surface area (Å²) in [6.45, 7) is 0. The minimum Gasteiger partial charge on any atom is -0.340 e. The molecule has 3 rings (SSSR count). The smallest absolute Gasteiger partial charge is 0.135 e. The summed E-state index contributed by atoms with van der Waals surface area (Å²) in [7, 11) is 0. The lowest BCUT2D eigenvalue weighted by Crippen LogP contribution is -1.99. The normalized spacial score (nSPS) is 14.6. The zero-order valence-electron chi connectivity index (χ0n) is 9.53. The Morgan fingerprint density at radius 2 is 2.06 bits per heavy atom. The fraction of sp³-hybridized carbons (Fsp3) is 0.231. The summed E-state index contributed by atoms with van der Waals surface area (Å²) in [5, 5.41) is 3.09. The van der Waals surface area contributed by atoms with Gasteiger partial charge in [-0.1, -0.05) is 6.07 Å². The first-order valence-corrected chi connectivity index (χ1v) is 6.57. The van der Waals surface area contributed by atoms with Crippen molar-refractivity contribution < 1.29 is 4.39 Å². The number of benzene rings is 1. The third-order valence-corrected chi connectivity index (χ3v) is 3.16. The zero-order valence-corrected chi connectivity index (χ0v) is 11.1. The van der Waals surface area contributed by atoms with Crippen LogP contribution in [0.25, 0.3) is 0 Å². The molecule has 1 fully saturated rings. The van der Waals surface area contributed by atoms with E-state index < -0.39 is 0 Å². The summed E-state index contributed by atoms with van der Waals surface area (Å²) in [5.74, 6) is 1.75. The minimum atomic E-state index is -0.268. The van der Waals surface area contributed by atoms with Crippen molar-refractivity contribution in [2.45, 2.75) is 18.8 Å². The van der Waals surface area contributed by atoms with Crippen LogP contribution in [-0.4, -0.2) is 9.97 Å². The number of nitrogens with zero attached hydrogens (tertiary/aromatic N) is 2. The SMILES string of the molecule is Fc1cccc(Nc2cc(Br)nc(C3CC3)n2)c1. The molecule has 0 saturated heterocycles. The monoisotopic (exact) mass is 307 g/mol. The Morgan fingerprint density at radius 3 is 2.78 bits per heavy atom. The Morgan fingerprint density at radius 1 is 1.22 bits per heavy atom. The molecular weight excluding hydrogens is 297 g/mol. The van der Waals surface area contributed by atoms with Crippen LogP contribution < -0.4 is 5.32 Å². The van der Waals surface area contributed by atoms with Crippen LogP contribution in [0.4, 0.5) is 15.9 Å². The molecular formula is C13H11BrFN3. The fourth-order valence-electron chi connectivity index (χ4n) is 1.74. The largest absolute Gasteiger partial charge is 0.340 e. The van der Waals surface area contributed by atoms with Crippen LogP contribution in [-0.2, 0) is 0 Å². The Hall–Kier alpha value is -1.49. The number of hydrogen-bond donors (Lipinski definition) is 1. The summed E-state index contributed by atoms with van der Waals surface area (Å²) in [5.41, 5.74) is 0.683. The number of hydrogen-bond acceptors (Lipinski definition) is 3. The lowest BCUT2D eigenvalue weighted by Gasteiger charge is -2.07. The maximum atomic E-state index is 13.1. The summed E-state index contributed by atoms with van der Waals surface area (Å²) >= 11 is 3.37. The van der Waals surface area contributed by atoms with E-state index in [0.29, 0.717) is 17.4 Å². The predicted octanol–water partition coefficient (Wildman–Crippen LogP) is 4.00. The standard InChI is InChI=1S/C13H11BrFN3/c14-11-7-12(18-13(17-11)8-4-5-8)16-10-3-1-2-9(15)6-10/h1-3,6-8H,4-5H2,(H,16,17,18). The molecule has 1 saturated carbocycles. The van der Waals surface area contributed by atoms with Gasteiger partial charge in [0.25, 0.3) is 0 Å². The van der Waals surface area contributed by atoms with Crippen molar-refractivity contribution in [3.05, 3.63) is 46.6 Å². The van der Waals surface area contributed by atoms with Crippen molar-refractivity contribution >= 4 is 27.4 Å². The van der Waals surface area contributed by atoms with Crippen molar-refractivity contribution in [1.82, 2.24) is 9.97 Å². The molecule has 0 amide bonds. The van der Waals surface area contributed by atoms with Gasteiger partial charge in [-0.15, -0.1) is 0 Å². The molecule has 5 heteroatoms. The molecule has 0 radical (unpaired) electrons. The first-order chi connectivity index (χ1) is 8.70. The molecule has 2 aromatic rings. The molecule has 3 nitrogen and oxygen atoms in total. The van der Waals surface area contributed by atoms with Crippen LogP contribution in [0.15, 0.2) is 34.9 Å². The Labute approximate surface area is 113 Å². The summed E-state index contributed by atoms with van der Waals surface area (Å²) in [6.07, 6.45) is 2.30. The molecule has 1 aliphatic rings. The maximum absolute atomic E-state index is 13.1. The van der Waals surface area contributed by atoms with E-state index in [2.05, 4.69) is 31.2 Å². The van der Waals surface area contributed by atoms with E-state index in [9.17, 15) is 4.39 Å². The van der Waals surface area contributed by atoms with E-state index in [0.717, 1.165) is 23.3 Å². The maximum Gasteiger partial charge on any atom is 0.135 e. The van der Waals surface area contributed by atoms with Crippen LogP contribution in [0, 0.1) is 5.82 Å². The topological polar surface area (TPSA) is 37.8 Å². The van der Waals surface area contributed by atoms with Gasteiger partial charge in [0.2, 0.25) is 0 Å². The minimum absolute atomic E-state index is 0.268. The van der Waals surface area contributed by atoms with E-state index in [1.54, 1.807) is 18.2 Å². The lowest BCUT2D eigenvalue weighted by atomic mass is 10.3. The van der Waals surface area contributed by atoms with Crippen LogP contribution in [0.2, 0.25) is 0 Å². The van der Waals surface area contributed by atoms with Crippen LogP contribution in [0.3, 0.4) is 0 Å². The molecule has 92 valence electrons. The van der Waals surface area contributed by atoms with Crippen molar-refractivity contribution in [3.63, 3.8) is 0 Å². The van der Waals surface area contributed by atoms with Gasteiger partial charge < -0.3 is 5.32 Å². The van der Waals surface area contributed by atoms with Gasteiger partial charge in [0, 0.05) is 17.7 Å². The summed E-state index contributed by atoms with van der Waals surface area (Å²) in [4.78, 5) is 8.79. The van der Waals surface area contributed by atoms with Gasteiger partial charge in [-0.2, -0.15) is 0 Å². The number of anilines is 2. The Kier molecular flexibility index (Phi) is 2.99. The Bertz CT molecular complexity index is 584. The first kappa shape index (κ1) is 11.6. The lowest BCUT2D eigenvalue weighted by molar-refractivity contribution is 0.628. The highest BCUT2D eigenvalue weighted by molar-refractivity contribution is 9.10. The molecule has 1 aromatic carbocycles. The molecule has 1 heterocycles. The third kappa shape index (κ3) is 2.67. The highest BCUT2D eigenvalue weighted by Crippen LogP contribution is 2.39. The molecule has 0 atom stereocenters. The molecule has 0 spiro atoms. The highest BCUT2D eigenvalue weighted by Gasteiger charge is 2.27. The second-order valence-electron chi connectivity index (χ2n) is 4.34.